The predicted octanol–water partition coefficient (Wildman–Crippen LogP) is 1.44. The zero-order chi connectivity index (χ0) is 11.7. The zero-order valence-corrected chi connectivity index (χ0v) is 9.89. The maximum atomic E-state index is 5.35. The van der Waals surface area contributed by atoms with Gasteiger partial charge in [0, 0.05) is 18.4 Å². The molecular formula is C13H16N3O+. The molecule has 0 unspecified atom stereocenters. The van der Waals surface area contributed by atoms with Gasteiger partial charge in [-0.1, -0.05) is 28.9 Å². The van der Waals surface area contributed by atoms with Crippen LogP contribution in [0.15, 0.2) is 28.8 Å². The number of quaternary nitrogens is 1. The maximum absolute atomic E-state index is 5.35. The van der Waals surface area contributed by atoms with Gasteiger partial charge in [-0.3, -0.25) is 0 Å². The number of rotatable bonds is 2. The van der Waals surface area contributed by atoms with Crippen LogP contribution < -0.4 is 5.32 Å². The zero-order valence-electron chi connectivity index (χ0n) is 9.89. The molecule has 1 aromatic carbocycles. The molecule has 0 saturated carbocycles. The van der Waals surface area contributed by atoms with Gasteiger partial charge >= 0.3 is 0 Å². The van der Waals surface area contributed by atoms with E-state index in [9.17, 15) is 0 Å². The Hall–Kier alpha value is -1.68. The summed E-state index contributed by atoms with van der Waals surface area (Å²) in [5.74, 6) is 1.46. The van der Waals surface area contributed by atoms with Gasteiger partial charge in [-0.05, 0) is 13.0 Å². The molecule has 1 atom stereocenters. The van der Waals surface area contributed by atoms with Crippen molar-refractivity contribution < 1.29 is 9.84 Å². The highest BCUT2D eigenvalue weighted by Gasteiger charge is 2.26. The van der Waals surface area contributed by atoms with Crippen molar-refractivity contribution in [1.29, 1.82) is 0 Å². The van der Waals surface area contributed by atoms with E-state index in [0.29, 0.717) is 11.9 Å². The minimum absolute atomic E-state index is 0.362. The highest BCUT2D eigenvalue weighted by molar-refractivity contribution is 5.55. The summed E-state index contributed by atoms with van der Waals surface area (Å²) in [6.45, 7) is 3.22. The summed E-state index contributed by atoms with van der Waals surface area (Å²) in [7, 11) is 0. The van der Waals surface area contributed by atoms with Crippen molar-refractivity contribution in [3.8, 4) is 11.4 Å². The van der Waals surface area contributed by atoms with Crippen LogP contribution in [0.25, 0.3) is 11.4 Å². The Morgan fingerprint density at radius 2 is 2.35 bits per heavy atom. The molecule has 4 nitrogen and oxygen atoms in total. The molecule has 1 saturated heterocycles. The smallest absolute Gasteiger partial charge is 0.285 e. The Morgan fingerprint density at radius 3 is 3.12 bits per heavy atom. The number of aryl methyl sites for hydroxylation is 1. The van der Waals surface area contributed by atoms with E-state index < -0.39 is 0 Å². The molecule has 0 amide bonds. The summed E-state index contributed by atoms with van der Waals surface area (Å²) in [4.78, 5) is 4.49. The van der Waals surface area contributed by atoms with Crippen LogP contribution in [0.1, 0.15) is 30.3 Å². The van der Waals surface area contributed by atoms with Crippen molar-refractivity contribution in [2.24, 2.45) is 0 Å². The molecule has 4 heteroatoms. The Labute approximate surface area is 100 Å². The average Bonchev–Trinajstić information content (AvgIpc) is 3.00. The first-order chi connectivity index (χ1) is 8.33. The lowest BCUT2D eigenvalue weighted by atomic mass is 10.1. The van der Waals surface area contributed by atoms with E-state index in [0.717, 1.165) is 24.4 Å². The molecule has 0 bridgehead atoms. The molecule has 17 heavy (non-hydrogen) atoms. The first-order valence-corrected chi connectivity index (χ1v) is 6.07. The molecule has 1 fully saturated rings. The maximum Gasteiger partial charge on any atom is 0.285 e. The van der Waals surface area contributed by atoms with Crippen molar-refractivity contribution in [2.45, 2.75) is 25.8 Å². The molecule has 1 aliphatic rings. The molecule has 0 aliphatic carbocycles. The summed E-state index contributed by atoms with van der Waals surface area (Å²) in [5, 5.41) is 6.34. The Morgan fingerprint density at radius 1 is 1.41 bits per heavy atom. The van der Waals surface area contributed by atoms with Gasteiger partial charge in [-0.2, -0.15) is 4.98 Å². The lowest BCUT2D eigenvalue weighted by Gasteiger charge is -1.98. The monoisotopic (exact) mass is 230 g/mol. The first kappa shape index (κ1) is 10.5. The highest BCUT2D eigenvalue weighted by atomic mass is 16.5. The third-order valence-electron chi connectivity index (χ3n) is 3.21. The van der Waals surface area contributed by atoms with Gasteiger partial charge in [0.15, 0.2) is 6.04 Å². The molecule has 1 aliphatic heterocycles. The van der Waals surface area contributed by atoms with Crippen molar-refractivity contribution in [3.05, 3.63) is 35.7 Å². The second-order valence-corrected chi connectivity index (χ2v) is 4.60. The molecule has 0 spiro atoms. The molecular weight excluding hydrogens is 214 g/mol. The summed E-state index contributed by atoms with van der Waals surface area (Å²) < 4.78 is 5.35. The van der Waals surface area contributed by atoms with E-state index in [1.165, 1.54) is 12.0 Å². The van der Waals surface area contributed by atoms with Gasteiger partial charge < -0.3 is 9.84 Å². The van der Waals surface area contributed by atoms with Gasteiger partial charge in [-0.15, -0.1) is 0 Å². The van der Waals surface area contributed by atoms with E-state index in [-0.39, 0.29) is 0 Å². The van der Waals surface area contributed by atoms with Gasteiger partial charge in [0.2, 0.25) is 5.82 Å². The van der Waals surface area contributed by atoms with Crippen molar-refractivity contribution in [2.75, 3.05) is 6.54 Å². The number of benzene rings is 1. The number of hydrogen-bond donors (Lipinski definition) is 1. The summed E-state index contributed by atoms with van der Waals surface area (Å²) in [6.07, 6.45) is 2.36. The lowest BCUT2D eigenvalue weighted by Crippen LogP contribution is -2.81. The quantitative estimate of drug-likeness (QED) is 0.849. The summed E-state index contributed by atoms with van der Waals surface area (Å²) >= 11 is 0. The van der Waals surface area contributed by atoms with Crippen LogP contribution in [-0.4, -0.2) is 16.7 Å². The summed E-state index contributed by atoms with van der Waals surface area (Å²) in [5.41, 5.74) is 2.24. The number of aromatic nitrogens is 2. The fraction of sp³-hybridized carbons (Fsp3) is 0.385. The molecule has 2 N–H and O–H groups in total. The molecule has 2 heterocycles. The molecule has 1 aromatic heterocycles. The fourth-order valence-corrected chi connectivity index (χ4v) is 2.29. The number of hydrogen-bond acceptors (Lipinski definition) is 3. The topological polar surface area (TPSA) is 55.5 Å². The van der Waals surface area contributed by atoms with Gasteiger partial charge in [-0.25, -0.2) is 0 Å². The highest BCUT2D eigenvalue weighted by Crippen LogP contribution is 2.21. The van der Waals surface area contributed by atoms with Crippen LogP contribution in [0.3, 0.4) is 0 Å². The molecule has 0 radical (unpaired) electrons. The van der Waals surface area contributed by atoms with Gasteiger partial charge in [0.25, 0.3) is 5.89 Å². The predicted molar refractivity (Wildman–Crippen MR) is 63.2 cm³/mol. The Balaban J connectivity index is 1.89. The van der Waals surface area contributed by atoms with Gasteiger partial charge in [0.1, 0.15) is 0 Å². The lowest BCUT2D eigenvalue weighted by molar-refractivity contribution is -0.678. The average molecular weight is 230 g/mol. The number of nitrogens with zero attached hydrogens (tertiary/aromatic N) is 2. The van der Waals surface area contributed by atoms with Gasteiger partial charge in [0.05, 0.1) is 6.54 Å². The van der Waals surface area contributed by atoms with E-state index >= 15 is 0 Å². The Bertz CT molecular complexity index is 515. The molecule has 2 aromatic rings. The van der Waals surface area contributed by atoms with Crippen LogP contribution in [0.2, 0.25) is 0 Å². The van der Waals surface area contributed by atoms with Crippen LogP contribution in [0, 0.1) is 6.92 Å². The van der Waals surface area contributed by atoms with Crippen LogP contribution in [-0.2, 0) is 0 Å². The van der Waals surface area contributed by atoms with E-state index in [2.05, 4.69) is 34.5 Å². The first-order valence-electron chi connectivity index (χ1n) is 6.07. The molecule has 3 rings (SSSR count). The summed E-state index contributed by atoms with van der Waals surface area (Å²) in [6, 6.07) is 8.53. The van der Waals surface area contributed by atoms with Crippen molar-refractivity contribution >= 4 is 0 Å². The third-order valence-corrected chi connectivity index (χ3v) is 3.21. The van der Waals surface area contributed by atoms with E-state index in [4.69, 9.17) is 4.52 Å². The third kappa shape index (κ3) is 2.08. The molecule has 88 valence electrons. The largest absolute Gasteiger partial charge is 0.336 e. The van der Waals surface area contributed by atoms with Crippen molar-refractivity contribution in [3.63, 3.8) is 0 Å². The van der Waals surface area contributed by atoms with Crippen molar-refractivity contribution in [1.82, 2.24) is 10.1 Å². The fourth-order valence-electron chi connectivity index (χ4n) is 2.29. The second kappa shape index (κ2) is 4.30. The minimum atomic E-state index is 0.362. The minimum Gasteiger partial charge on any atom is -0.336 e. The second-order valence-electron chi connectivity index (χ2n) is 4.60. The van der Waals surface area contributed by atoms with Crippen LogP contribution in [0.5, 0.6) is 0 Å². The van der Waals surface area contributed by atoms with Crippen LogP contribution in [0.4, 0.5) is 0 Å². The van der Waals surface area contributed by atoms with E-state index in [1.54, 1.807) is 0 Å². The standard InChI is InChI=1S/C13H15N3O/c1-9-4-2-5-10(8-9)12-15-13(17-16-12)11-6-3-7-14-11/h2,4-5,8,11,14H,3,6-7H2,1H3/p+1/t11-/m0/s1. The Kier molecular flexibility index (Phi) is 2.65. The number of nitrogens with two attached hydrogens (primary N) is 1. The van der Waals surface area contributed by atoms with E-state index in [1.807, 2.05) is 12.1 Å². The SMILES string of the molecule is Cc1cccc(-c2noc([C@@H]3CCC[NH2+]3)n2)c1. The van der Waals surface area contributed by atoms with Crippen LogP contribution >= 0.6 is 0 Å². The normalized spacial score (nSPS) is 19.7.